The molecule has 2 heterocycles. The second kappa shape index (κ2) is 7.66. The molecule has 28 heavy (non-hydrogen) atoms. The van der Waals surface area contributed by atoms with Crippen LogP contribution in [0.3, 0.4) is 0 Å². The quantitative estimate of drug-likeness (QED) is 0.652. The van der Waals surface area contributed by atoms with Crippen LogP contribution in [0.4, 0.5) is 5.82 Å². The zero-order valence-electron chi connectivity index (χ0n) is 15.5. The maximum absolute atomic E-state index is 12.9. The first-order valence-electron chi connectivity index (χ1n) is 9.25. The first-order valence-corrected chi connectivity index (χ1v) is 11.1. The lowest BCUT2D eigenvalue weighted by Crippen LogP contribution is -2.49. The molecule has 0 unspecified atom stereocenters. The Balaban J connectivity index is 1.58. The molecule has 6 nitrogen and oxygen atoms in total. The van der Waals surface area contributed by atoms with Gasteiger partial charge in [0.2, 0.25) is 10.0 Å². The monoisotopic (exact) mass is 416 g/mol. The molecular formula is C20H21ClN4O2S. The van der Waals surface area contributed by atoms with Gasteiger partial charge in [0.25, 0.3) is 0 Å². The van der Waals surface area contributed by atoms with E-state index in [1.54, 1.807) is 24.3 Å². The van der Waals surface area contributed by atoms with E-state index in [4.69, 9.17) is 16.6 Å². The van der Waals surface area contributed by atoms with Gasteiger partial charge in [0.05, 0.1) is 10.4 Å². The van der Waals surface area contributed by atoms with Crippen molar-refractivity contribution in [2.45, 2.75) is 18.2 Å². The van der Waals surface area contributed by atoms with Gasteiger partial charge >= 0.3 is 0 Å². The van der Waals surface area contributed by atoms with Crippen LogP contribution in [0.15, 0.2) is 53.4 Å². The van der Waals surface area contributed by atoms with Gasteiger partial charge in [0.1, 0.15) is 11.6 Å². The lowest BCUT2D eigenvalue weighted by molar-refractivity contribution is 0.384. The van der Waals surface area contributed by atoms with Crippen molar-refractivity contribution >= 4 is 38.3 Å². The number of fused-ring (bicyclic) bond motifs is 1. The SMILES string of the molecule is CCc1nc(N2CCN(S(=O)(=O)c3ccc(Cl)cc3)CC2)c2ccccc2n1. The van der Waals surface area contributed by atoms with Crippen LogP contribution in [0, 0.1) is 0 Å². The molecule has 1 fully saturated rings. The predicted molar refractivity (Wildman–Crippen MR) is 111 cm³/mol. The van der Waals surface area contributed by atoms with Gasteiger partial charge in [-0.15, -0.1) is 0 Å². The number of nitrogens with zero attached hydrogens (tertiary/aromatic N) is 4. The van der Waals surface area contributed by atoms with Gasteiger partial charge in [0.15, 0.2) is 0 Å². The van der Waals surface area contributed by atoms with Gasteiger partial charge in [0, 0.05) is 43.0 Å². The molecule has 0 N–H and O–H groups in total. The number of anilines is 1. The van der Waals surface area contributed by atoms with E-state index in [9.17, 15) is 8.42 Å². The fourth-order valence-electron chi connectivity index (χ4n) is 3.40. The van der Waals surface area contributed by atoms with Crippen LogP contribution in [0.1, 0.15) is 12.7 Å². The molecule has 3 aromatic rings. The topological polar surface area (TPSA) is 66.4 Å². The second-order valence-corrected chi connectivity index (χ2v) is 9.05. The van der Waals surface area contributed by atoms with Gasteiger partial charge in [-0.2, -0.15) is 4.31 Å². The Bertz CT molecular complexity index is 1090. The van der Waals surface area contributed by atoms with E-state index in [0.29, 0.717) is 31.2 Å². The van der Waals surface area contributed by atoms with Crippen LogP contribution in [0.25, 0.3) is 10.9 Å². The third-order valence-electron chi connectivity index (χ3n) is 4.94. The summed E-state index contributed by atoms with van der Waals surface area (Å²) in [5.74, 6) is 1.68. The Morgan fingerprint density at radius 3 is 2.32 bits per heavy atom. The molecule has 1 aliphatic rings. The Labute approximate surface area is 169 Å². The van der Waals surface area contributed by atoms with E-state index in [2.05, 4.69) is 9.88 Å². The number of hydrogen-bond donors (Lipinski definition) is 0. The van der Waals surface area contributed by atoms with Crippen molar-refractivity contribution < 1.29 is 8.42 Å². The maximum Gasteiger partial charge on any atom is 0.243 e. The summed E-state index contributed by atoms with van der Waals surface area (Å²) in [7, 11) is -3.52. The van der Waals surface area contributed by atoms with Crippen LogP contribution in [-0.4, -0.2) is 48.9 Å². The van der Waals surface area contributed by atoms with Crippen molar-refractivity contribution in [1.82, 2.24) is 14.3 Å². The minimum absolute atomic E-state index is 0.270. The summed E-state index contributed by atoms with van der Waals surface area (Å²) < 4.78 is 27.3. The van der Waals surface area contributed by atoms with Crippen LogP contribution in [0.2, 0.25) is 5.02 Å². The summed E-state index contributed by atoms with van der Waals surface area (Å²) in [6.45, 7) is 4.01. The zero-order chi connectivity index (χ0) is 19.7. The molecule has 146 valence electrons. The fraction of sp³-hybridized carbons (Fsp3) is 0.300. The molecule has 0 spiro atoms. The first-order chi connectivity index (χ1) is 13.5. The molecular weight excluding hydrogens is 396 g/mol. The summed E-state index contributed by atoms with van der Waals surface area (Å²) in [6.07, 6.45) is 0.753. The summed E-state index contributed by atoms with van der Waals surface area (Å²) in [5.41, 5.74) is 0.917. The number of sulfonamides is 1. The molecule has 0 bridgehead atoms. The van der Waals surface area contributed by atoms with Crippen molar-refractivity contribution in [1.29, 1.82) is 0 Å². The van der Waals surface area contributed by atoms with Gasteiger partial charge in [-0.05, 0) is 36.4 Å². The van der Waals surface area contributed by atoms with Crippen LogP contribution < -0.4 is 4.90 Å². The minimum Gasteiger partial charge on any atom is -0.353 e. The number of benzene rings is 2. The summed E-state index contributed by atoms with van der Waals surface area (Å²) in [6, 6.07) is 14.2. The van der Waals surface area contributed by atoms with Gasteiger partial charge in [-0.25, -0.2) is 18.4 Å². The largest absolute Gasteiger partial charge is 0.353 e. The lowest BCUT2D eigenvalue weighted by atomic mass is 10.2. The summed E-state index contributed by atoms with van der Waals surface area (Å²) in [4.78, 5) is 11.7. The van der Waals surface area contributed by atoms with E-state index in [1.807, 2.05) is 31.2 Å². The molecule has 4 rings (SSSR count). The fourth-order valence-corrected chi connectivity index (χ4v) is 4.95. The third kappa shape index (κ3) is 3.57. The van der Waals surface area contributed by atoms with Crippen molar-refractivity contribution in [2.24, 2.45) is 0 Å². The Morgan fingerprint density at radius 1 is 0.964 bits per heavy atom. The van der Waals surface area contributed by atoms with Gasteiger partial charge in [-0.3, -0.25) is 0 Å². The summed E-state index contributed by atoms with van der Waals surface area (Å²) in [5, 5.41) is 1.51. The number of para-hydroxylation sites is 1. The normalized spacial score (nSPS) is 15.9. The van der Waals surface area contributed by atoms with E-state index in [0.717, 1.165) is 29.0 Å². The lowest BCUT2D eigenvalue weighted by Gasteiger charge is -2.35. The van der Waals surface area contributed by atoms with Crippen LogP contribution in [-0.2, 0) is 16.4 Å². The molecule has 0 amide bonds. The maximum atomic E-state index is 12.9. The number of hydrogen-bond acceptors (Lipinski definition) is 5. The molecule has 8 heteroatoms. The average molecular weight is 417 g/mol. The number of halogens is 1. The number of piperazine rings is 1. The predicted octanol–water partition coefficient (Wildman–Crippen LogP) is 3.36. The minimum atomic E-state index is -3.52. The molecule has 1 aliphatic heterocycles. The van der Waals surface area contributed by atoms with Crippen molar-refractivity contribution in [2.75, 3.05) is 31.1 Å². The molecule has 1 aromatic heterocycles. The molecule has 0 aliphatic carbocycles. The van der Waals surface area contributed by atoms with Crippen molar-refractivity contribution in [3.05, 3.63) is 59.4 Å². The van der Waals surface area contributed by atoms with E-state index < -0.39 is 10.0 Å². The standard InChI is InChI=1S/C20H21ClN4O2S/c1-2-19-22-18-6-4-3-5-17(18)20(23-19)24-11-13-25(14-12-24)28(26,27)16-9-7-15(21)8-10-16/h3-10H,2,11-14H2,1H3. The highest BCUT2D eigenvalue weighted by atomic mass is 35.5. The Hall–Kier alpha value is -2.22. The van der Waals surface area contributed by atoms with E-state index in [1.165, 1.54) is 4.31 Å². The van der Waals surface area contributed by atoms with E-state index >= 15 is 0 Å². The van der Waals surface area contributed by atoms with Crippen molar-refractivity contribution in [3.8, 4) is 0 Å². The smallest absolute Gasteiger partial charge is 0.243 e. The zero-order valence-corrected chi connectivity index (χ0v) is 17.1. The summed E-state index contributed by atoms with van der Waals surface area (Å²) >= 11 is 5.88. The van der Waals surface area contributed by atoms with E-state index in [-0.39, 0.29) is 4.90 Å². The van der Waals surface area contributed by atoms with Crippen LogP contribution >= 0.6 is 11.6 Å². The number of rotatable bonds is 4. The average Bonchev–Trinajstić information content (AvgIpc) is 2.73. The number of aryl methyl sites for hydroxylation is 1. The molecule has 2 aromatic carbocycles. The third-order valence-corrected chi connectivity index (χ3v) is 7.10. The Kier molecular flexibility index (Phi) is 5.23. The highest BCUT2D eigenvalue weighted by molar-refractivity contribution is 7.89. The van der Waals surface area contributed by atoms with Crippen LogP contribution in [0.5, 0.6) is 0 Å². The van der Waals surface area contributed by atoms with Gasteiger partial charge in [-0.1, -0.05) is 30.7 Å². The molecule has 1 saturated heterocycles. The van der Waals surface area contributed by atoms with Gasteiger partial charge < -0.3 is 4.90 Å². The first kappa shape index (κ1) is 19.1. The molecule has 0 radical (unpaired) electrons. The second-order valence-electron chi connectivity index (χ2n) is 6.68. The highest BCUT2D eigenvalue weighted by Gasteiger charge is 2.29. The highest BCUT2D eigenvalue weighted by Crippen LogP contribution is 2.26. The molecule has 0 atom stereocenters. The molecule has 0 saturated carbocycles. The number of aromatic nitrogens is 2. The van der Waals surface area contributed by atoms with Crippen molar-refractivity contribution in [3.63, 3.8) is 0 Å². The Morgan fingerprint density at radius 2 is 1.64 bits per heavy atom.